The van der Waals surface area contributed by atoms with E-state index < -0.39 is 28.5 Å². The van der Waals surface area contributed by atoms with E-state index in [0.29, 0.717) is 12.2 Å². The van der Waals surface area contributed by atoms with Gasteiger partial charge in [0.2, 0.25) is 21.8 Å². The summed E-state index contributed by atoms with van der Waals surface area (Å²) < 4.78 is 26.7. The number of rotatable bonds is 9. The Kier molecular flexibility index (Phi) is 8.64. The topological polar surface area (TPSA) is 86.8 Å². The van der Waals surface area contributed by atoms with E-state index in [0.717, 1.165) is 26.2 Å². The predicted molar refractivity (Wildman–Crippen MR) is 126 cm³/mol. The molecule has 9 heteroatoms. The van der Waals surface area contributed by atoms with Crippen LogP contribution >= 0.6 is 15.9 Å². The maximum Gasteiger partial charge on any atom is 0.244 e. The number of anilines is 1. The first kappa shape index (κ1) is 24.9. The molecule has 2 aromatic rings. The van der Waals surface area contributed by atoms with Gasteiger partial charge in [-0.2, -0.15) is 0 Å². The van der Waals surface area contributed by atoms with Gasteiger partial charge in [0.15, 0.2) is 0 Å². The zero-order valence-electron chi connectivity index (χ0n) is 18.1. The summed E-state index contributed by atoms with van der Waals surface area (Å²) in [5.74, 6) is -0.758. The molecule has 7 nitrogen and oxygen atoms in total. The molecule has 0 aromatic heterocycles. The third-order valence-corrected chi connectivity index (χ3v) is 6.42. The van der Waals surface area contributed by atoms with Crippen LogP contribution in [0.4, 0.5) is 5.69 Å². The summed E-state index contributed by atoms with van der Waals surface area (Å²) in [7, 11) is -3.73. The van der Waals surface area contributed by atoms with Gasteiger partial charge in [-0.15, -0.1) is 0 Å². The monoisotopic (exact) mass is 509 g/mol. The van der Waals surface area contributed by atoms with Crippen LogP contribution in [0.1, 0.15) is 25.0 Å². The van der Waals surface area contributed by atoms with Crippen molar-refractivity contribution in [2.24, 2.45) is 0 Å². The number of carbonyl (C=O) groups excluding carboxylic acids is 2. The van der Waals surface area contributed by atoms with Crippen molar-refractivity contribution in [1.29, 1.82) is 0 Å². The van der Waals surface area contributed by atoms with Gasteiger partial charge in [-0.3, -0.25) is 13.9 Å². The lowest BCUT2D eigenvalue weighted by Gasteiger charge is -2.31. The number of hydrogen-bond acceptors (Lipinski definition) is 4. The number of amides is 2. The van der Waals surface area contributed by atoms with Crippen LogP contribution in [0.15, 0.2) is 53.0 Å². The molecule has 0 heterocycles. The molecule has 1 N–H and O–H groups in total. The van der Waals surface area contributed by atoms with Crippen molar-refractivity contribution in [2.75, 3.05) is 23.7 Å². The summed E-state index contributed by atoms with van der Waals surface area (Å²) in [6.45, 7) is 5.61. The summed E-state index contributed by atoms with van der Waals surface area (Å²) in [5.41, 5.74) is 2.27. The number of likely N-dealkylation sites (N-methyl/N-ethyl adjacent to an activating group) is 1. The lowest BCUT2D eigenvalue weighted by atomic mass is 10.1. The van der Waals surface area contributed by atoms with Gasteiger partial charge in [0, 0.05) is 17.6 Å². The number of hydrogen-bond donors (Lipinski definition) is 1. The highest BCUT2D eigenvalue weighted by molar-refractivity contribution is 9.10. The number of halogens is 1. The Balaban J connectivity index is 2.37. The van der Waals surface area contributed by atoms with Gasteiger partial charge in [-0.25, -0.2) is 8.42 Å². The van der Waals surface area contributed by atoms with Crippen molar-refractivity contribution in [3.05, 3.63) is 64.1 Å². The van der Waals surface area contributed by atoms with Gasteiger partial charge in [0.05, 0.1) is 11.9 Å². The highest BCUT2D eigenvalue weighted by Crippen LogP contribution is 2.21. The van der Waals surface area contributed by atoms with Gasteiger partial charge >= 0.3 is 0 Å². The third-order valence-electron chi connectivity index (χ3n) is 4.75. The van der Waals surface area contributed by atoms with Crippen LogP contribution in [0.5, 0.6) is 0 Å². The number of carbonyl (C=O) groups is 2. The largest absolute Gasteiger partial charge is 0.355 e. The molecule has 0 aliphatic rings. The quantitative estimate of drug-likeness (QED) is 0.562. The summed E-state index contributed by atoms with van der Waals surface area (Å²) in [6, 6.07) is 13.5. The van der Waals surface area contributed by atoms with Crippen molar-refractivity contribution < 1.29 is 18.0 Å². The Morgan fingerprint density at radius 1 is 1.13 bits per heavy atom. The number of aryl methyl sites for hydroxylation is 1. The van der Waals surface area contributed by atoms with Gasteiger partial charge in [-0.05, 0) is 50.6 Å². The summed E-state index contributed by atoms with van der Waals surface area (Å²) in [4.78, 5) is 27.2. The first-order valence-corrected chi connectivity index (χ1v) is 12.5. The number of nitrogens with one attached hydrogen (secondary N) is 1. The second-order valence-electron chi connectivity index (χ2n) is 7.33. The Bertz CT molecular complexity index is 1030. The number of benzene rings is 2. The van der Waals surface area contributed by atoms with Crippen LogP contribution in [-0.4, -0.2) is 50.5 Å². The maximum absolute atomic E-state index is 13.3. The lowest BCUT2D eigenvalue weighted by Crippen LogP contribution is -2.51. The molecule has 2 amide bonds. The minimum absolute atomic E-state index is 0.191. The van der Waals surface area contributed by atoms with Gasteiger partial charge in [0.25, 0.3) is 0 Å². The number of nitrogens with zero attached hydrogens (tertiary/aromatic N) is 2. The van der Waals surface area contributed by atoms with Crippen molar-refractivity contribution in [3.63, 3.8) is 0 Å². The second kappa shape index (κ2) is 10.8. The molecule has 0 fully saturated rings. The molecule has 0 radical (unpaired) electrons. The van der Waals surface area contributed by atoms with Crippen molar-refractivity contribution in [1.82, 2.24) is 10.2 Å². The van der Waals surface area contributed by atoms with Crippen LogP contribution < -0.4 is 9.62 Å². The second-order valence-corrected chi connectivity index (χ2v) is 10.1. The average molecular weight is 510 g/mol. The lowest BCUT2D eigenvalue weighted by molar-refractivity contribution is -0.139. The normalized spacial score (nSPS) is 12.2. The first-order valence-electron chi connectivity index (χ1n) is 9.89. The van der Waals surface area contributed by atoms with E-state index in [2.05, 4.69) is 21.2 Å². The Labute approximate surface area is 192 Å². The molecule has 0 spiro atoms. The van der Waals surface area contributed by atoms with E-state index in [1.165, 1.54) is 4.90 Å². The highest BCUT2D eigenvalue weighted by Gasteiger charge is 2.29. The van der Waals surface area contributed by atoms with E-state index in [1.807, 2.05) is 31.2 Å². The zero-order chi connectivity index (χ0) is 23.2. The van der Waals surface area contributed by atoms with Crippen molar-refractivity contribution in [2.45, 2.75) is 33.4 Å². The molecule has 0 saturated heterocycles. The molecule has 168 valence electrons. The summed E-state index contributed by atoms with van der Waals surface area (Å²) in [6.07, 6.45) is 1.06. The molecule has 0 aliphatic heterocycles. The van der Waals surface area contributed by atoms with Gasteiger partial charge < -0.3 is 10.2 Å². The SMILES string of the molecule is CCNC(=O)[C@@H](C)N(Cc1cccc(C)c1)C(=O)CN(c1ccc(Br)cc1)S(C)(=O)=O. The minimum Gasteiger partial charge on any atom is -0.355 e. The third kappa shape index (κ3) is 7.07. The first-order chi connectivity index (χ1) is 14.5. The maximum atomic E-state index is 13.3. The Hall–Kier alpha value is -2.39. The highest BCUT2D eigenvalue weighted by atomic mass is 79.9. The molecule has 31 heavy (non-hydrogen) atoms. The molecule has 0 unspecified atom stereocenters. The molecule has 0 aliphatic carbocycles. The molecule has 0 bridgehead atoms. The molecular formula is C22H28BrN3O4S. The molecular weight excluding hydrogens is 482 g/mol. The molecule has 1 atom stereocenters. The average Bonchev–Trinajstić information content (AvgIpc) is 2.70. The van der Waals surface area contributed by atoms with E-state index in [-0.39, 0.29) is 12.5 Å². The predicted octanol–water partition coefficient (Wildman–Crippen LogP) is 3.08. The molecule has 2 rings (SSSR count). The van der Waals surface area contributed by atoms with Gasteiger partial charge in [0.1, 0.15) is 12.6 Å². The van der Waals surface area contributed by atoms with Crippen LogP contribution in [0, 0.1) is 6.92 Å². The standard InChI is InChI=1S/C22H28BrN3O4S/c1-5-24-22(28)17(3)25(14-18-8-6-7-16(2)13-18)21(27)15-26(31(4,29)30)20-11-9-19(23)10-12-20/h6-13,17H,5,14-15H2,1-4H3,(H,24,28)/t17-/m1/s1. The summed E-state index contributed by atoms with van der Waals surface area (Å²) in [5, 5.41) is 2.73. The van der Waals surface area contributed by atoms with Gasteiger partial charge in [-0.1, -0.05) is 45.8 Å². The fourth-order valence-electron chi connectivity index (χ4n) is 3.13. The van der Waals surface area contributed by atoms with E-state index in [4.69, 9.17) is 0 Å². The van der Waals surface area contributed by atoms with Crippen LogP contribution in [0.25, 0.3) is 0 Å². The number of sulfonamides is 1. The fraction of sp³-hybridized carbons (Fsp3) is 0.364. The smallest absolute Gasteiger partial charge is 0.244 e. The minimum atomic E-state index is -3.73. The molecule has 0 saturated carbocycles. The van der Waals surface area contributed by atoms with E-state index >= 15 is 0 Å². The van der Waals surface area contributed by atoms with Crippen LogP contribution in [0.3, 0.4) is 0 Å². The van der Waals surface area contributed by atoms with Crippen molar-refractivity contribution >= 4 is 43.5 Å². The molecule has 2 aromatic carbocycles. The van der Waals surface area contributed by atoms with Crippen LogP contribution in [-0.2, 0) is 26.2 Å². The fourth-order valence-corrected chi connectivity index (χ4v) is 4.25. The van der Waals surface area contributed by atoms with Crippen LogP contribution in [0.2, 0.25) is 0 Å². The van der Waals surface area contributed by atoms with Crippen molar-refractivity contribution in [3.8, 4) is 0 Å². The summed E-state index contributed by atoms with van der Waals surface area (Å²) >= 11 is 3.32. The Morgan fingerprint density at radius 3 is 2.32 bits per heavy atom. The zero-order valence-corrected chi connectivity index (χ0v) is 20.5. The Morgan fingerprint density at radius 2 is 1.77 bits per heavy atom. The van der Waals surface area contributed by atoms with E-state index in [9.17, 15) is 18.0 Å². The van der Waals surface area contributed by atoms with E-state index in [1.54, 1.807) is 38.1 Å².